The van der Waals surface area contributed by atoms with E-state index in [1.165, 1.54) is 51.4 Å². The van der Waals surface area contributed by atoms with Gasteiger partial charge in [-0.2, -0.15) is 0 Å². The van der Waals surface area contributed by atoms with Gasteiger partial charge in [-0.05, 0) is 43.9 Å². The standard InChI is InChI=1S/C15H28N2O/c16-11-14-12-17(9-10-18-14)13-3-7-15(8-4-13)5-1-2-6-15/h13-14H,1-12,16H2. The highest BCUT2D eigenvalue weighted by Gasteiger charge is 2.39. The monoisotopic (exact) mass is 252 g/mol. The number of hydrogen-bond donors (Lipinski definition) is 1. The van der Waals surface area contributed by atoms with Gasteiger partial charge in [0.05, 0.1) is 12.7 Å². The van der Waals surface area contributed by atoms with E-state index in [0.29, 0.717) is 6.54 Å². The zero-order chi connectivity index (χ0) is 12.4. The summed E-state index contributed by atoms with van der Waals surface area (Å²) in [6, 6.07) is 0.814. The molecule has 0 bridgehead atoms. The Bertz CT molecular complexity index is 266. The van der Waals surface area contributed by atoms with E-state index in [9.17, 15) is 0 Å². The van der Waals surface area contributed by atoms with Crippen LogP contribution in [0.3, 0.4) is 0 Å². The van der Waals surface area contributed by atoms with Crippen molar-refractivity contribution in [1.82, 2.24) is 4.90 Å². The summed E-state index contributed by atoms with van der Waals surface area (Å²) in [5.74, 6) is 0. The number of hydrogen-bond acceptors (Lipinski definition) is 3. The SMILES string of the molecule is NCC1CN(C2CCC3(CCCC3)CC2)CCO1. The van der Waals surface area contributed by atoms with Crippen LogP contribution >= 0.6 is 0 Å². The molecule has 18 heavy (non-hydrogen) atoms. The Hall–Kier alpha value is -0.120. The van der Waals surface area contributed by atoms with Crippen LogP contribution < -0.4 is 5.73 Å². The lowest BCUT2D eigenvalue weighted by Gasteiger charge is -2.44. The Morgan fingerprint density at radius 3 is 2.50 bits per heavy atom. The Labute approximate surface area is 111 Å². The molecule has 0 radical (unpaired) electrons. The molecule has 3 aliphatic rings. The molecule has 0 aromatic rings. The molecule has 2 saturated carbocycles. The van der Waals surface area contributed by atoms with Gasteiger partial charge in [0.25, 0.3) is 0 Å². The maximum Gasteiger partial charge on any atom is 0.0824 e. The average molecular weight is 252 g/mol. The third-order valence-electron chi connectivity index (χ3n) is 5.63. The summed E-state index contributed by atoms with van der Waals surface area (Å²) >= 11 is 0. The van der Waals surface area contributed by atoms with Gasteiger partial charge >= 0.3 is 0 Å². The Balaban J connectivity index is 1.52. The molecule has 0 amide bonds. The molecule has 1 heterocycles. The topological polar surface area (TPSA) is 38.5 Å². The fraction of sp³-hybridized carbons (Fsp3) is 1.00. The number of nitrogens with two attached hydrogens (primary N) is 1. The summed E-state index contributed by atoms with van der Waals surface area (Å²) in [6.45, 7) is 3.74. The highest BCUT2D eigenvalue weighted by Crippen LogP contribution is 2.49. The van der Waals surface area contributed by atoms with Gasteiger partial charge in [0, 0.05) is 25.7 Å². The van der Waals surface area contributed by atoms with E-state index in [2.05, 4.69) is 4.90 Å². The Morgan fingerprint density at radius 1 is 1.11 bits per heavy atom. The molecular formula is C15H28N2O. The minimum Gasteiger partial charge on any atom is -0.374 e. The molecule has 3 heteroatoms. The van der Waals surface area contributed by atoms with Crippen LogP contribution in [0.15, 0.2) is 0 Å². The summed E-state index contributed by atoms with van der Waals surface area (Å²) in [5, 5.41) is 0. The lowest BCUT2D eigenvalue weighted by Crippen LogP contribution is -2.51. The summed E-state index contributed by atoms with van der Waals surface area (Å²) < 4.78 is 5.67. The first-order valence-corrected chi connectivity index (χ1v) is 7.87. The van der Waals surface area contributed by atoms with Crippen molar-refractivity contribution in [2.75, 3.05) is 26.2 Å². The molecule has 3 fully saturated rings. The average Bonchev–Trinajstić information content (AvgIpc) is 2.88. The zero-order valence-corrected chi connectivity index (χ0v) is 11.6. The highest BCUT2D eigenvalue weighted by molar-refractivity contribution is 4.92. The molecule has 3 rings (SSSR count). The molecule has 0 aromatic carbocycles. The maximum atomic E-state index is 5.74. The Morgan fingerprint density at radius 2 is 1.83 bits per heavy atom. The summed E-state index contributed by atoms with van der Waals surface area (Å²) in [4.78, 5) is 2.66. The predicted molar refractivity (Wildman–Crippen MR) is 73.5 cm³/mol. The van der Waals surface area contributed by atoms with Crippen molar-refractivity contribution < 1.29 is 4.74 Å². The van der Waals surface area contributed by atoms with Crippen molar-refractivity contribution in [2.45, 2.75) is 63.5 Å². The second-order valence-electron chi connectivity index (χ2n) is 6.66. The molecule has 1 unspecified atom stereocenters. The van der Waals surface area contributed by atoms with Gasteiger partial charge in [-0.15, -0.1) is 0 Å². The van der Waals surface area contributed by atoms with E-state index >= 15 is 0 Å². The molecule has 1 atom stereocenters. The third kappa shape index (κ3) is 2.59. The molecule has 2 aliphatic carbocycles. The lowest BCUT2D eigenvalue weighted by molar-refractivity contribution is -0.0496. The third-order valence-corrected chi connectivity index (χ3v) is 5.63. The van der Waals surface area contributed by atoms with Crippen LogP contribution in [0, 0.1) is 5.41 Å². The van der Waals surface area contributed by atoms with Crippen molar-refractivity contribution in [1.29, 1.82) is 0 Å². The fourth-order valence-electron chi connectivity index (χ4n) is 4.42. The molecule has 2 N–H and O–H groups in total. The molecule has 0 aromatic heterocycles. The van der Waals surface area contributed by atoms with E-state index in [1.54, 1.807) is 0 Å². The minimum atomic E-state index is 0.279. The molecule has 104 valence electrons. The van der Waals surface area contributed by atoms with Gasteiger partial charge in [0.1, 0.15) is 0 Å². The second-order valence-corrected chi connectivity index (χ2v) is 6.66. The van der Waals surface area contributed by atoms with Crippen LogP contribution in [0.25, 0.3) is 0 Å². The van der Waals surface area contributed by atoms with Crippen LogP contribution in [0.1, 0.15) is 51.4 Å². The smallest absolute Gasteiger partial charge is 0.0824 e. The molecule has 1 spiro atoms. The molecule has 1 aliphatic heterocycles. The van der Waals surface area contributed by atoms with Gasteiger partial charge in [0.15, 0.2) is 0 Å². The highest BCUT2D eigenvalue weighted by atomic mass is 16.5. The number of ether oxygens (including phenoxy) is 1. The lowest BCUT2D eigenvalue weighted by atomic mass is 9.71. The van der Waals surface area contributed by atoms with Gasteiger partial charge in [-0.1, -0.05) is 12.8 Å². The maximum absolute atomic E-state index is 5.74. The predicted octanol–water partition coefficient (Wildman–Crippen LogP) is 2.15. The van der Waals surface area contributed by atoms with E-state index in [4.69, 9.17) is 10.5 Å². The van der Waals surface area contributed by atoms with Gasteiger partial charge in [-0.25, -0.2) is 0 Å². The minimum absolute atomic E-state index is 0.279. The Kier molecular flexibility index (Phi) is 3.92. The molecule has 3 nitrogen and oxygen atoms in total. The van der Waals surface area contributed by atoms with Crippen LogP contribution in [-0.4, -0.2) is 43.3 Å². The van der Waals surface area contributed by atoms with Crippen molar-refractivity contribution >= 4 is 0 Å². The number of rotatable bonds is 2. The summed E-state index contributed by atoms with van der Waals surface area (Å²) in [6.07, 6.45) is 12.0. The van der Waals surface area contributed by atoms with Gasteiger partial charge in [0.2, 0.25) is 0 Å². The van der Waals surface area contributed by atoms with E-state index in [0.717, 1.165) is 31.2 Å². The molecule has 1 saturated heterocycles. The first-order chi connectivity index (χ1) is 8.81. The summed E-state index contributed by atoms with van der Waals surface area (Å²) in [7, 11) is 0. The van der Waals surface area contributed by atoms with Crippen molar-refractivity contribution in [3.8, 4) is 0 Å². The van der Waals surface area contributed by atoms with Crippen LogP contribution in [0.2, 0.25) is 0 Å². The quantitative estimate of drug-likeness (QED) is 0.818. The van der Waals surface area contributed by atoms with E-state index in [-0.39, 0.29) is 6.10 Å². The first kappa shape index (κ1) is 12.9. The van der Waals surface area contributed by atoms with Crippen LogP contribution in [0.5, 0.6) is 0 Å². The number of morpholine rings is 1. The van der Waals surface area contributed by atoms with Crippen molar-refractivity contribution in [3.63, 3.8) is 0 Å². The number of nitrogens with zero attached hydrogens (tertiary/aromatic N) is 1. The fourth-order valence-corrected chi connectivity index (χ4v) is 4.42. The molecular weight excluding hydrogens is 224 g/mol. The van der Waals surface area contributed by atoms with E-state index < -0.39 is 0 Å². The van der Waals surface area contributed by atoms with E-state index in [1.807, 2.05) is 0 Å². The first-order valence-electron chi connectivity index (χ1n) is 7.87. The van der Waals surface area contributed by atoms with Crippen molar-refractivity contribution in [3.05, 3.63) is 0 Å². The zero-order valence-electron chi connectivity index (χ0n) is 11.6. The van der Waals surface area contributed by atoms with Crippen LogP contribution in [0.4, 0.5) is 0 Å². The van der Waals surface area contributed by atoms with Crippen molar-refractivity contribution in [2.24, 2.45) is 11.1 Å². The second kappa shape index (κ2) is 5.48. The largest absolute Gasteiger partial charge is 0.374 e. The summed E-state index contributed by atoms with van der Waals surface area (Å²) in [5.41, 5.74) is 6.50. The normalized spacial score (nSPS) is 34.2. The van der Waals surface area contributed by atoms with Gasteiger partial charge in [-0.3, -0.25) is 4.90 Å². The van der Waals surface area contributed by atoms with Crippen LogP contribution in [-0.2, 0) is 4.74 Å². The van der Waals surface area contributed by atoms with Gasteiger partial charge < -0.3 is 10.5 Å².